The maximum Gasteiger partial charge on any atom is 0.253 e. The number of piperidine rings is 2. The summed E-state index contributed by atoms with van der Waals surface area (Å²) in [7, 11) is 8.09. The van der Waals surface area contributed by atoms with Crippen LogP contribution in [-0.2, 0) is 32.1 Å². The van der Waals surface area contributed by atoms with Crippen LogP contribution in [0, 0.1) is 68.5 Å². The number of anilines is 10. The molecular formula is C90H95N33O5. The molecule has 17 heterocycles. The number of rotatable bonds is 24. The van der Waals surface area contributed by atoms with Crippen LogP contribution in [0.4, 0.5) is 86.6 Å². The van der Waals surface area contributed by atoms with Gasteiger partial charge in [0, 0.05) is 88.7 Å². The summed E-state index contributed by atoms with van der Waals surface area (Å²) in [5.74, 6) is 8.09. The van der Waals surface area contributed by atoms with E-state index in [4.69, 9.17) is 23.7 Å². The fraction of sp³-hybridized carbons (Fsp3) is 0.389. The normalized spacial score (nSPS) is 16.7. The van der Waals surface area contributed by atoms with Crippen molar-refractivity contribution in [2.75, 3.05) is 101 Å². The Hall–Kier alpha value is -15.2. The molecule has 10 aromatic rings. The highest BCUT2D eigenvalue weighted by atomic mass is 16.5. The van der Waals surface area contributed by atoms with Crippen LogP contribution in [0.15, 0.2) is 117 Å². The molecule has 128 heavy (non-hydrogen) atoms. The Morgan fingerprint density at radius 2 is 0.664 bits per heavy atom. The maximum atomic E-state index is 9.30. The highest BCUT2D eigenvalue weighted by Crippen LogP contribution is 2.35. The van der Waals surface area contributed by atoms with Crippen LogP contribution >= 0.6 is 0 Å². The van der Waals surface area contributed by atoms with Crippen molar-refractivity contribution in [2.24, 2.45) is 36.8 Å². The van der Waals surface area contributed by atoms with Crippen LogP contribution in [0.3, 0.4) is 0 Å². The van der Waals surface area contributed by atoms with Crippen LogP contribution in [-0.4, -0.2) is 213 Å². The van der Waals surface area contributed by atoms with Gasteiger partial charge in [-0.1, -0.05) is 19.3 Å². The van der Waals surface area contributed by atoms with Gasteiger partial charge in [0.25, 0.3) is 29.4 Å². The Balaban J connectivity index is 0.000000123. The molecule has 3 atom stereocenters. The molecule has 38 heteroatoms. The van der Waals surface area contributed by atoms with Gasteiger partial charge >= 0.3 is 0 Å². The van der Waals surface area contributed by atoms with Crippen molar-refractivity contribution in [2.45, 2.75) is 141 Å². The van der Waals surface area contributed by atoms with Gasteiger partial charge in [-0.15, -0.1) is 0 Å². The van der Waals surface area contributed by atoms with Crippen molar-refractivity contribution in [1.29, 1.82) is 26.3 Å². The third kappa shape index (κ3) is 24.0. The predicted molar refractivity (Wildman–Crippen MR) is 481 cm³/mol. The molecule has 0 bridgehead atoms. The molecule has 38 nitrogen and oxygen atoms in total. The number of likely N-dealkylation sites (N-methyl/N-ethyl adjacent to an activating group) is 2. The van der Waals surface area contributed by atoms with Gasteiger partial charge in [-0.2, -0.15) is 51.2 Å². The summed E-state index contributed by atoms with van der Waals surface area (Å²) in [5, 5.41) is 61.9. The molecule has 650 valence electrons. The lowest BCUT2D eigenvalue weighted by Gasteiger charge is -2.29. The molecule has 10 aromatic heterocycles. The second-order valence-corrected chi connectivity index (χ2v) is 32.1. The highest BCUT2D eigenvalue weighted by molar-refractivity contribution is 5.80. The summed E-state index contributed by atoms with van der Waals surface area (Å²) in [5.41, 5.74) is 11.0. The number of nitriles is 5. The molecule has 3 unspecified atom stereocenters. The molecule has 0 spiro atoms. The number of likely N-dealkylation sites (tertiary alicyclic amines) is 2. The SMILES string of the molecule is CC(CN(C)C)Oc1nc(Nc2cc3c(cn2)N=CC3)cnc1C#N.CN1CCCC(COc2nc(Nc3cc4c(cn3)N=CC4)cnc2C#N)C1.CN1CCCC(Oc2nc(Nc3cc4c(cn3)N=CC4)cnc2C#N)C1.N#Cc1ncc(Nc2cc3c(cn2)N=CC3)nc1OC1CCCC1.N#Cc1ncc(Nc2cc3c(cn2)N=CC3)nc1OCC1CCCCC1. The van der Waals surface area contributed by atoms with E-state index in [0.29, 0.717) is 95.7 Å². The van der Waals surface area contributed by atoms with Gasteiger partial charge in [-0.05, 0) is 176 Å². The number of pyridine rings is 5. The van der Waals surface area contributed by atoms with Crippen molar-refractivity contribution < 1.29 is 23.7 Å². The molecule has 0 radical (unpaired) electrons. The van der Waals surface area contributed by atoms with E-state index >= 15 is 0 Å². The van der Waals surface area contributed by atoms with E-state index < -0.39 is 0 Å². The number of aromatic nitrogens is 15. The van der Waals surface area contributed by atoms with Crippen molar-refractivity contribution in [3.8, 4) is 59.7 Å². The lowest BCUT2D eigenvalue weighted by molar-refractivity contribution is 0.0994. The largest absolute Gasteiger partial charge is 0.475 e. The Labute approximate surface area is 740 Å². The summed E-state index contributed by atoms with van der Waals surface area (Å²) in [4.78, 5) is 92.3. The second kappa shape index (κ2) is 43.0. The van der Waals surface area contributed by atoms with Crippen molar-refractivity contribution >= 4 is 118 Å². The van der Waals surface area contributed by atoms with Gasteiger partial charge < -0.3 is 65.0 Å². The third-order valence-electron chi connectivity index (χ3n) is 21.8. The van der Waals surface area contributed by atoms with E-state index in [2.05, 4.69) is 150 Å². The summed E-state index contributed by atoms with van der Waals surface area (Å²) in [6.45, 7) is 7.74. The zero-order valence-corrected chi connectivity index (χ0v) is 71.7. The van der Waals surface area contributed by atoms with Gasteiger partial charge in [0.15, 0.2) is 29.1 Å². The van der Waals surface area contributed by atoms with Crippen LogP contribution in [0.5, 0.6) is 29.4 Å². The molecule has 7 aliphatic heterocycles. The fourth-order valence-electron chi connectivity index (χ4n) is 15.5. The summed E-state index contributed by atoms with van der Waals surface area (Å²) in [6.07, 6.45) is 44.3. The van der Waals surface area contributed by atoms with Gasteiger partial charge in [-0.3, -0.25) is 25.0 Å². The van der Waals surface area contributed by atoms with Crippen LogP contribution in [0.1, 0.15) is 147 Å². The van der Waals surface area contributed by atoms with Crippen molar-refractivity contribution in [3.63, 3.8) is 0 Å². The Bertz CT molecular complexity index is 6020. The molecule has 2 saturated heterocycles. The van der Waals surface area contributed by atoms with E-state index in [0.717, 1.165) is 166 Å². The third-order valence-corrected chi connectivity index (χ3v) is 21.8. The summed E-state index contributed by atoms with van der Waals surface area (Å²) < 4.78 is 29.3. The first kappa shape index (κ1) is 87.7. The Kier molecular flexibility index (Phi) is 29.4. The number of fused-ring (bicyclic) bond motifs is 5. The van der Waals surface area contributed by atoms with E-state index in [-0.39, 0.29) is 70.3 Å². The van der Waals surface area contributed by atoms with Crippen molar-refractivity contribution in [1.82, 2.24) is 89.5 Å². The molecular weight excluding hydrogens is 1620 g/mol. The van der Waals surface area contributed by atoms with Crippen LogP contribution < -0.4 is 50.3 Å². The van der Waals surface area contributed by atoms with E-state index in [1.165, 1.54) is 63.1 Å². The minimum atomic E-state index is -0.123. The molecule has 5 N–H and O–H groups in total. The molecule has 2 saturated carbocycles. The number of hydrogen-bond donors (Lipinski definition) is 5. The average Bonchev–Trinajstić information content (AvgIpc) is 1.59. The zero-order valence-electron chi connectivity index (χ0n) is 71.7. The number of ether oxygens (including phenoxy) is 5. The molecule has 19 rings (SSSR count). The van der Waals surface area contributed by atoms with E-state index in [9.17, 15) is 26.3 Å². The molecule has 2 aliphatic carbocycles. The highest BCUT2D eigenvalue weighted by Gasteiger charge is 2.27. The predicted octanol–water partition coefficient (Wildman–Crippen LogP) is 13.5. The second-order valence-electron chi connectivity index (χ2n) is 32.1. The monoisotopic (exact) mass is 1720 g/mol. The van der Waals surface area contributed by atoms with E-state index in [1.807, 2.05) is 118 Å². The van der Waals surface area contributed by atoms with Crippen LogP contribution in [0.25, 0.3) is 0 Å². The first-order chi connectivity index (χ1) is 62.6. The molecule has 9 aliphatic rings. The Morgan fingerprint density at radius 3 is 1.02 bits per heavy atom. The van der Waals surface area contributed by atoms with Crippen LogP contribution in [0.2, 0.25) is 0 Å². The first-order valence-corrected chi connectivity index (χ1v) is 42.7. The number of nitrogens with one attached hydrogen (secondary N) is 5. The van der Waals surface area contributed by atoms with E-state index in [1.54, 1.807) is 31.0 Å². The topological polar surface area (TPSA) is 490 Å². The Morgan fingerprint density at radius 1 is 0.359 bits per heavy atom. The lowest BCUT2D eigenvalue weighted by atomic mass is 9.90. The molecule has 0 amide bonds. The minimum Gasteiger partial charge on any atom is -0.475 e. The average molecular weight is 1720 g/mol. The van der Waals surface area contributed by atoms with Crippen molar-refractivity contribution in [3.05, 3.63) is 149 Å². The smallest absolute Gasteiger partial charge is 0.253 e. The number of nitrogens with zero attached hydrogens (tertiary/aromatic N) is 28. The molecule has 0 aromatic carbocycles. The zero-order chi connectivity index (χ0) is 88.5. The summed E-state index contributed by atoms with van der Waals surface area (Å²) in [6, 6.07) is 19.9. The lowest BCUT2D eigenvalue weighted by Crippen LogP contribution is -2.38. The number of aliphatic imine (C=N–C) groups is 5. The standard InChI is InChI=1S/C19H21N7O.C19H20N6O.C18H19N7O.C17H19N7O.C17H16N6O/c1-26-6-2-3-13(11-26)12-27-19-15(8-20)22-10-18(25-19)24-17-7-14-4-5-21-16(14)9-23-17;20-9-15-19(26-12-13-4-2-1-3-5-13)25-18(11-22-15)24-17-8-14-6-7-21-16(14)10-23-17;1-25-6-2-3-13(11-25)26-18-14(8-19)21-10-17(24-18)23-16-7-12-4-5-20-15(12)9-22-16;1-11(10-24(2)3)25-17-13(7-18)20-9-16(23-17)22-15-6-12-4-5-19-14(12)8-21-15;18-8-13-17(24-12-3-1-2-4-12)23-16(10-20-13)22-15-7-11-5-6-19-14(11)9-21-15/h5,7,9-10,13H,2-4,6,11-12H2,1H3,(H,23,24,25);7-8,10-11,13H,1-6,12H2,(H,23,24,25);5,7,9-10,13H,2-4,6,11H2,1H3,(H,22,23,24);5-6,8-9,11H,4,10H2,1-3H3,(H,21,22,23);6-7,9-10,12H,1-5H2,(H,21,22,23). The van der Waals surface area contributed by atoms with Gasteiger partial charge in [0.2, 0.25) is 28.5 Å². The summed E-state index contributed by atoms with van der Waals surface area (Å²) >= 11 is 0. The van der Waals surface area contributed by atoms with Gasteiger partial charge in [0.1, 0.15) is 77.7 Å². The van der Waals surface area contributed by atoms with Gasteiger partial charge in [0.05, 0.1) is 104 Å². The first-order valence-electron chi connectivity index (χ1n) is 42.7. The fourth-order valence-corrected chi connectivity index (χ4v) is 15.5. The maximum absolute atomic E-state index is 9.30. The quantitative estimate of drug-likeness (QED) is 0.0375. The minimum absolute atomic E-state index is 0.0145. The molecule has 4 fully saturated rings. The number of hydrogen-bond acceptors (Lipinski definition) is 38. The van der Waals surface area contributed by atoms with Gasteiger partial charge in [-0.25, -0.2) is 49.8 Å².